The van der Waals surface area contributed by atoms with Crippen molar-refractivity contribution in [2.24, 2.45) is 4.99 Å². The third kappa shape index (κ3) is 6.94. The molecule has 6 aromatic rings. The highest BCUT2D eigenvalue weighted by Gasteiger charge is 2.35. The molecule has 2 heterocycles. The summed E-state index contributed by atoms with van der Waals surface area (Å²) >= 11 is 1.29. The Morgan fingerprint density at radius 3 is 2.35 bits per heavy atom. The molecule has 0 fully saturated rings. The minimum atomic E-state index is -0.738. The summed E-state index contributed by atoms with van der Waals surface area (Å²) in [6.45, 7) is 9.00. The van der Waals surface area contributed by atoms with Gasteiger partial charge >= 0.3 is 5.97 Å². The number of rotatable bonds is 11. The van der Waals surface area contributed by atoms with Crippen LogP contribution in [-0.2, 0) is 16.1 Å². The quantitative estimate of drug-likeness (QED) is 0.127. The fraction of sp³-hybridized carbons (Fsp3) is 0.205. The monoisotopic (exact) mass is 708 g/mol. The van der Waals surface area contributed by atoms with E-state index in [1.54, 1.807) is 11.5 Å². The molecular weight excluding hydrogens is 669 g/mol. The molecular formula is C44H40N2O5S. The van der Waals surface area contributed by atoms with E-state index in [0.29, 0.717) is 51.2 Å². The van der Waals surface area contributed by atoms with Crippen LogP contribution in [0.25, 0.3) is 22.5 Å². The molecule has 1 aromatic heterocycles. The van der Waals surface area contributed by atoms with Crippen LogP contribution in [-0.4, -0.2) is 23.8 Å². The Morgan fingerprint density at radius 2 is 1.60 bits per heavy atom. The van der Waals surface area contributed by atoms with Gasteiger partial charge in [-0.05, 0) is 71.0 Å². The first kappa shape index (κ1) is 34.7. The van der Waals surface area contributed by atoms with E-state index in [0.717, 1.165) is 38.6 Å². The molecule has 0 aliphatic carbocycles. The van der Waals surface area contributed by atoms with E-state index >= 15 is 0 Å². The van der Waals surface area contributed by atoms with Crippen LogP contribution in [0.1, 0.15) is 67.5 Å². The van der Waals surface area contributed by atoms with Crippen LogP contribution in [0.4, 0.5) is 0 Å². The second-order valence-corrected chi connectivity index (χ2v) is 13.8. The number of ether oxygens (including phenoxy) is 3. The Labute approximate surface area is 306 Å². The first-order chi connectivity index (χ1) is 25.4. The van der Waals surface area contributed by atoms with Gasteiger partial charge in [0.05, 0.1) is 35.1 Å². The molecule has 1 aliphatic heterocycles. The molecule has 52 heavy (non-hydrogen) atoms. The van der Waals surface area contributed by atoms with E-state index in [4.69, 9.17) is 19.2 Å². The molecule has 0 N–H and O–H groups in total. The lowest BCUT2D eigenvalue weighted by atomic mass is 9.91. The predicted octanol–water partition coefficient (Wildman–Crippen LogP) is 8.19. The molecule has 0 spiro atoms. The lowest BCUT2D eigenvalue weighted by Crippen LogP contribution is -2.40. The number of carbonyl (C=O) groups excluding carboxylic acids is 1. The van der Waals surface area contributed by atoms with Crippen LogP contribution in [0.2, 0.25) is 0 Å². The molecule has 0 saturated heterocycles. The molecule has 0 unspecified atom stereocenters. The van der Waals surface area contributed by atoms with Crippen molar-refractivity contribution < 1.29 is 19.0 Å². The number of aromatic nitrogens is 1. The van der Waals surface area contributed by atoms with Crippen LogP contribution < -0.4 is 24.4 Å². The number of thiazole rings is 1. The van der Waals surface area contributed by atoms with Crippen molar-refractivity contribution in [2.75, 3.05) is 13.2 Å². The first-order valence-corrected chi connectivity index (χ1v) is 18.4. The maximum absolute atomic E-state index is 14.4. The minimum absolute atomic E-state index is 0.192. The zero-order chi connectivity index (χ0) is 36.2. The maximum Gasteiger partial charge on any atom is 0.338 e. The Hall–Kier alpha value is -5.73. The second kappa shape index (κ2) is 15.3. The normalized spacial score (nSPS) is 14.3. The van der Waals surface area contributed by atoms with Crippen molar-refractivity contribution >= 4 is 39.9 Å². The van der Waals surface area contributed by atoms with Crippen molar-refractivity contribution in [1.82, 2.24) is 4.57 Å². The summed E-state index contributed by atoms with van der Waals surface area (Å²) in [4.78, 5) is 33.7. The highest BCUT2D eigenvalue weighted by atomic mass is 32.1. The highest BCUT2D eigenvalue weighted by molar-refractivity contribution is 7.07. The summed E-state index contributed by atoms with van der Waals surface area (Å²) < 4.78 is 20.1. The van der Waals surface area contributed by atoms with Crippen molar-refractivity contribution in [1.29, 1.82) is 0 Å². The van der Waals surface area contributed by atoms with Gasteiger partial charge < -0.3 is 14.2 Å². The van der Waals surface area contributed by atoms with E-state index in [1.807, 2.05) is 91.9 Å². The lowest BCUT2D eigenvalue weighted by molar-refractivity contribution is -0.138. The molecule has 0 saturated carbocycles. The van der Waals surface area contributed by atoms with E-state index in [-0.39, 0.29) is 12.2 Å². The van der Waals surface area contributed by atoms with Crippen LogP contribution in [0, 0.1) is 0 Å². The van der Waals surface area contributed by atoms with E-state index in [9.17, 15) is 9.59 Å². The number of carbonyl (C=O) groups is 1. The Bertz CT molecular complexity index is 2460. The zero-order valence-corrected chi connectivity index (χ0v) is 30.5. The van der Waals surface area contributed by atoms with Crippen LogP contribution >= 0.6 is 11.3 Å². The topological polar surface area (TPSA) is 79.1 Å². The van der Waals surface area contributed by atoms with Crippen LogP contribution in [0.5, 0.6) is 11.5 Å². The molecule has 7 rings (SSSR count). The van der Waals surface area contributed by atoms with Gasteiger partial charge in [-0.25, -0.2) is 9.79 Å². The number of hydrogen-bond donors (Lipinski definition) is 0. The number of hydrogen-bond acceptors (Lipinski definition) is 7. The summed E-state index contributed by atoms with van der Waals surface area (Å²) in [6.07, 6.45) is 1.84. The highest BCUT2D eigenvalue weighted by Crippen LogP contribution is 2.36. The summed E-state index contributed by atoms with van der Waals surface area (Å²) in [6, 6.07) is 37.1. The van der Waals surface area contributed by atoms with Gasteiger partial charge in [-0.1, -0.05) is 128 Å². The first-order valence-electron chi connectivity index (χ1n) is 17.6. The van der Waals surface area contributed by atoms with Crippen LogP contribution in [0.3, 0.4) is 0 Å². The third-order valence-electron chi connectivity index (χ3n) is 9.12. The van der Waals surface area contributed by atoms with Crippen molar-refractivity contribution in [3.63, 3.8) is 0 Å². The summed E-state index contributed by atoms with van der Waals surface area (Å²) in [7, 11) is 0. The Morgan fingerprint density at radius 1 is 0.846 bits per heavy atom. The molecule has 0 radical (unpaired) electrons. The molecule has 5 aromatic carbocycles. The molecule has 1 aliphatic rings. The van der Waals surface area contributed by atoms with Gasteiger partial charge in [0.2, 0.25) is 0 Å². The Kier molecular flexibility index (Phi) is 10.2. The number of esters is 1. The van der Waals surface area contributed by atoms with Gasteiger partial charge in [-0.2, -0.15) is 0 Å². The number of fused-ring (bicyclic) bond motifs is 2. The molecule has 7 nitrogen and oxygen atoms in total. The minimum Gasteiger partial charge on any atom is -0.490 e. The SMILES string of the molecule is CCOC(=O)C1=C(c2ccccc2)N=c2s/c(=C\c3ccc(OCc4cccc5ccccc45)c(OCC)c3)c(=O)n2[C@@H]1c1ccc(C(C)C)cc1. The summed E-state index contributed by atoms with van der Waals surface area (Å²) in [5, 5.41) is 2.30. The van der Waals surface area contributed by atoms with E-state index in [1.165, 1.54) is 11.3 Å². The molecule has 1 atom stereocenters. The zero-order valence-electron chi connectivity index (χ0n) is 29.7. The summed E-state index contributed by atoms with van der Waals surface area (Å²) in [5.41, 5.74) is 5.17. The third-order valence-corrected chi connectivity index (χ3v) is 10.1. The number of benzene rings is 5. The second-order valence-electron chi connectivity index (χ2n) is 12.8. The van der Waals surface area contributed by atoms with Gasteiger partial charge in [0.25, 0.3) is 5.56 Å². The summed E-state index contributed by atoms with van der Waals surface area (Å²) in [5.74, 6) is 1.03. The van der Waals surface area contributed by atoms with Crippen molar-refractivity contribution in [3.8, 4) is 11.5 Å². The van der Waals surface area contributed by atoms with Gasteiger partial charge in [-0.15, -0.1) is 0 Å². The van der Waals surface area contributed by atoms with Gasteiger partial charge in [0.1, 0.15) is 6.61 Å². The number of nitrogens with zero attached hydrogens (tertiary/aromatic N) is 2. The maximum atomic E-state index is 14.4. The fourth-order valence-electron chi connectivity index (χ4n) is 6.55. The van der Waals surface area contributed by atoms with Crippen LogP contribution in [0.15, 0.2) is 131 Å². The molecule has 0 bridgehead atoms. The molecule has 8 heteroatoms. The van der Waals surface area contributed by atoms with Gasteiger partial charge in [0.15, 0.2) is 16.3 Å². The van der Waals surface area contributed by atoms with Gasteiger partial charge in [0, 0.05) is 5.56 Å². The van der Waals surface area contributed by atoms with Crippen molar-refractivity contribution in [3.05, 3.63) is 168 Å². The van der Waals surface area contributed by atoms with E-state index in [2.05, 4.69) is 50.2 Å². The predicted molar refractivity (Wildman–Crippen MR) is 207 cm³/mol. The smallest absolute Gasteiger partial charge is 0.338 e. The van der Waals surface area contributed by atoms with Crippen molar-refractivity contribution in [2.45, 2.75) is 46.3 Å². The standard InChI is InChI=1S/C44H40N2O5S/c1-5-49-37-25-29(19-24-36(37)51-27-34-17-12-16-31-13-10-11-18-35(31)34)26-38-42(47)46-41(33-22-20-30(21-23-33)28(3)4)39(43(48)50-6-2)40(45-44(46)52-38)32-14-8-7-9-15-32/h7-26,28,41H,5-6,27H2,1-4H3/b38-26-/t41-/m1/s1. The fourth-order valence-corrected chi connectivity index (χ4v) is 7.55. The largest absolute Gasteiger partial charge is 0.490 e. The average molecular weight is 709 g/mol. The van der Waals surface area contributed by atoms with Gasteiger partial charge in [-0.3, -0.25) is 9.36 Å². The van der Waals surface area contributed by atoms with E-state index < -0.39 is 12.0 Å². The lowest BCUT2D eigenvalue weighted by Gasteiger charge is -2.26. The molecule has 0 amide bonds. The average Bonchev–Trinajstić information content (AvgIpc) is 3.48. The molecule has 262 valence electrons. The Balaban J connectivity index is 1.32.